The quantitative estimate of drug-likeness (QED) is 0.611. The summed E-state index contributed by atoms with van der Waals surface area (Å²) in [6.45, 7) is 0. The number of hydrogen-bond acceptors (Lipinski definition) is 8. The van der Waals surface area contributed by atoms with Gasteiger partial charge in [0.2, 0.25) is 0 Å². The molecule has 1 unspecified atom stereocenters. The predicted octanol–water partition coefficient (Wildman–Crippen LogP) is 3.19. The highest BCUT2D eigenvalue weighted by molar-refractivity contribution is 9.10. The number of methoxy groups -OCH3 is 2. The lowest BCUT2D eigenvalue weighted by atomic mass is 9.81. The molecule has 1 aliphatic heterocycles. The van der Waals surface area contributed by atoms with E-state index in [1.54, 1.807) is 30.3 Å². The van der Waals surface area contributed by atoms with Crippen molar-refractivity contribution in [1.29, 1.82) is 5.26 Å². The molecule has 1 aliphatic rings. The van der Waals surface area contributed by atoms with E-state index < -0.39 is 40.8 Å². The number of ether oxygens (including phenoxy) is 2. The molecular formula is C22H17BrFN3O5. The largest absolute Gasteiger partial charge is 0.505 e. The number of nitrogens with zero attached hydrogens (tertiary/aromatic N) is 2. The van der Waals surface area contributed by atoms with Crippen LogP contribution in [0.3, 0.4) is 0 Å². The number of carbonyl (C=O) groups excluding carboxylic acids is 2. The number of hydrogen-bond donors (Lipinski definition) is 2. The van der Waals surface area contributed by atoms with Crippen LogP contribution in [0.15, 0.2) is 69.6 Å². The summed E-state index contributed by atoms with van der Waals surface area (Å²) in [5, 5.41) is 20.5. The van der Waals surface area contributed by atoms with E-state index in [0.717, 1.165) is 25.2 Å². The van der Waals surface area contributed by atoms with E-state index in [2.05, 4.69) is 15.9 Å². The van der Waals surface area contributed by atoms with Gasteiger partial charge in [-0.2, -0.15) is 5.26 Å². The van der Waals surface area contributed by atoms with Gasteiger partial charge in [0.1, 0.15) is 17.2 Å². The summed E-state index contributed by atoms with van der Waals surface area (Å²) in [6.07, 6.45) is 0. The summed E-state index contributed by atoms with van der Waals surface area (Å²) in [6, 6.07) is 12.6. The van der Waals surface area contributed by atoms with Crippen LogP contribution in [0.2, 0.25) is 0 Å². The van der Waals surface area contributed by atoms with E-state index in [1.165, 1.54) is 6.07 Å². The minimum atomic E-state index is -1.10. The third-order valence-corrected chi connectivity index (χ3v) is 5.53. The number of halogens is 2. The Bertz CT molecular complexity index is 1200. The summed E-state index contributed by atoms with van der Waals surface area (Å²) in [4.78, 5) is 26.6. The van der Waals surface area contributed by atoms with Crippen LogP contribution in [-0.4, -0.2) is 31.3 Å². The van der Waals surface area contributed by atoms with Crippen molar-refractivity contribution in [2.45, 2.75) is 5.92 Å². The van der Waals surface area contributed by atoms with Gasteiger partial charge in [-0.3, -0.25) is 4.90 Å². The number of nitriles is 1. The Balaban J connectivity index is 2.49. The summed E-state index contributed by atoms with van der Waals surface area (Å²) < 4.78 is 24.8. The van der Waals surface area contributed by atoms with Gasteiger partial charge in [0.15, 0.2) is 11.6 Å². The molecule has 0 aromatic heterocycles. The fourth-order valence-corrected chi connectivity index (χ4v) is 3.81. The summed E-state index contributed by atoms with van der Waals surface area (Å²) in [5.41, 5.74) is 5.25. The second-order valence-corrected chi connectivity index (χ2v) is 7.42. The van der Waals surface area contributed by atoms with Crippen molar-refractivity contribution in [3.8, 4) is 11.8 Å². The number of allylic oxidation sites excluding steroid dienone is 1. The Morgan fingerprint density at radius 1 is 1.16 bits per heavy atom. The van der Waals surface area contributed by atoms with Crippen LogP contribution in [0, 0.1) is 17.1 Å². The number of phenols is 1. The first kappa shape index (κ1) is 22.8. The smallest absolute Gasteiger partial charge is 0.355 e. The standard InChI is InChI=1S/C22H17BrFN3O5/c1-31-21(29)16-15(11-6-4-3-5-7-11)12(10-25)20(26)27(18(16)22(30)32-2)17-14(24)9-8-13(23)19(17)28/h3-9,15,28H,26H2,1-2H3. The number of phenolic OH excluding ortho intramolecular Hbond substituents is 1. The first-order chi connectivity index (χ1) is 15.3. The maximum absolute atomic E-state index is 14.9. The monoisotopic (exact) mass is 501 g/mol. The molecule has 32 heavy (non-hydrogen) atoms. The Hall–Kier alpha value is -3.84. The van der Waals surface area contributed by atoms with Crippen molar-refractivity contribution in [3.63, 3.8) is 0 Å². The maximum atomic E-state index is 14.9. The highest BCUT2D eigenvalue weighted by Gasteiger charge is 2.44. The topological polar surface area (TPSA) is 126 Å². The molecule has 2 aromatic rings. The molecule has 0 radical (unpaired) electrons. The molecule has 0 saturated carbocycles. The van der Waals surface area contributed by atoms with Gasteiger partial charge in [-0.15, -0.1) is 0 Å². The molecular weight excluding hydrogens is 485 g/mol. The third-order valence-electron chi connectivity index (χ3n) is 4.89. The number of esters is 2. The number of benzene rings is 2. The van der Waals surface area contributed by atoms with Gasteiger partial charge in [0.05, 0.1) is 41.8 Å². The van der Waals surface area contributed by atoms with Crippen LogP contribution in [0.25, 0.3) is 0 Å². The average molecular weight is 502 g/mol. The van der Waals surface area contributed by atoms with Crippen LogP contribution in [0.4, 0.5) is 10.1 Å². The molecule has 0 fully saturated rings. The molecule has 0 spiro atoms. The number of nitrogens with two attached hydrogens (primary N) is 1. The fourth-order valence-electron chi connectivity index (χ4n) is 3.49. The van der Waals surface area contributed by atoms with Crippen molar-refractivity contribution >= 4 is 33.6 Å². The zero-order chi connectivity index (χ0) is 23.6. The van der Waals surface area contributed by atoms with E-state index in [9.17, 15) is 24.3 Å². The average Bonchev–Trinajstić information content (AvgIpc) is 2.81. The van der Waals surface area contributed by atoms with Gasteiger partial charge in [0, 0.05) is 0 Å². The van der Waals surface area contributed by atoms with Gasteiger partial charge in [-0.05, 0) is 33.6 Å². The Labute approximate surface area is 191 Å². The maximum Gasteiger partial charge on any atom is 0.355 e. The van der Waals surface area contributed by atoms with Gasteiger partial charge < -0.3 is 20.3 Å². The molecule has 0 amide bonds. The highest BCUT2D eigenvalue weighted by Crippen LogP contribution is 2.47. The lowest BCUT2D eigenvalue weighted by Gasteiger charge is -2.36. The van der Waals surface area contributed by atoms with Gasteiger partial charge in [-0.25, -0.2) is 14.0 Å². The molecule has 1 atom stereocenters. The van der Waals surface area contributed by atoms with E-state index >= 15 is 0 Å². The molecule has 1 heterocycles. The molecule has 8 nitrogen and oxygen atoms in total. The van der Waals surface area contributed by atoms with Crippen molar-refractivity contribution < 1.29 is 28.6 Å². The van der Waals surface area contributed by atoms with Crippen molar-refractivity contribution in [1.82, 2.24) is 0 Å². The zero-order valence-electron chi connectivity index (χ0n) is 16.9. The van der Waals surface area contributed by atoms with E-state index in [-0.39, 0.29) is 21.4 Å². The normalized spacial score (nSPS) is 16.0. The first-order valence-corrected chi connectivity index (χ1v) is 9.90. The lowest BCUT2D eigenvalue weighted by molar-refractivity contribution is -0.139. The second kappa shape index (κ2) is 9.11. The van der Waals surface area contributed by atoms with Gasteiger partial charge in [-0.1, -0.05) is 30.3 Å². The van der Waals surface area contributed by atoms with Gasteiger partial charge in [0.25, 0.3) is 0 Å². The van der Waals surface area contributed by atoms with Crippen molar-refractivity contribution in [2.24, 2.45) is 5.73 Å². The van der Waals surface area contributed by atoms with Crippen LogP contribution in [-0.2, 0) is 19.1 Å². The number of rotatable bonds is 4. The lowest BCUT2D eigenvalue weighted by Crippen LogP contribution is -2.41. The van der Waals surface area contributed by atoms with Crippen LogP contribution >= 0.6 is 15.9 Å². The molecule has 10 heteroatoms. The SMILES string of the molecule is COC(=O)C1=C(C(=O)OC)N(c2c(F)ccc(Br)c2O)C(N)=C(C#N)C1c1ccccc1. The molecule has 0 aliphatic carbocycles. The van der Waals surface area contributed by atoms with Crippen molar-refractivity contribution in [2.75, 3.05) is 19.1 Å². The van der Waals surface area contributed by atoms with Crippen LogP contribution in [0.1, 0.15) is 11.5 Å². The predicted molar refractivity (Wildman–Crippen MR) is 115 cm³/mol. The molecule has 3 rings (SSSR count). The highest BCUT2D eigenvalue weighted by atomic mass is 79.9. The molecule has 164 valence electrons. The van der Waals surface area contributed by atoms with Crippen LogP contribution < -0.4 is 10.6 Å². The zero-order valence-corrected chi connectivity index (χ0v) is 18.5. The Kier molecular flexibility index (Phi) is 6.50. The minimum Gasteiger partial charge on any atom is -0.505 e. The third kappa shape index (κ3) is 3.67. The van der Waals surface area contributed by atoms with E-state index in [1.807, 2.05) is 6.07 Å². The number of anilines is 1. The molecule has 0 saturated heterocycles. The second-order valence-electron chi connectivity index (χ2n) is 6.56. The minimum absolute atomic E-state index is 0.0919. The van der Waals surface area contributed by atoms with E-state index in [0.29, 0.717) is 5.56 Å². The molecule has 0 bridgehead atoms. The van der Waals surface area contributed by atoms with Crippen molar-refractivity contribution in [3.05, 3.63) is 81.0 Å². The Morgan fingerprint density at radius 2 is 1.78 bits per heavy atom. The molecule has 2 aromatic carbocycles. The van der Waals surface area contributed by atoms with Crippen LogP contribution in [0.5, 0.6) is 5.75 Å². The fraction of sp³-hybridized carbons (Fsp3) is 0.136. The van der Waals surface area contributed by atoms with E-state index in [4.69, 9.17) is 15.2 Å². The number of carbonyl (C=O) groups is 2. The summed E-state index contributed by atoms with van der Waals surface area (Å²) in [5.74, 6) is -5.04. The molecule has 3 N–H and O–H groups in total. The Morgan fingerprint density at radius 3 is 2.34 bits per heavy atom. The first-order valence-electron chi connectivity index (χ1n) is 9.11. The number of aromatic hydroxyl groups is 1. The van der Waals surface area contributed by atoms with Gasteiger partial charge >= 0.3 is 11.9 Å². The summed E-state index contributed by atoms with van der Waals surface area (Å²) >= 11 is 3.09. The summed E-state index contributed by atoms with van der Waals surface area (Å²) in [7, 11) is 2.16.